The second kappa shape index (κ2) is 3.62. The molecule has 0 amide bonds. The molecule has 0 bridgehead atoms. The van der Waals surface area contributed by atoms with Crippen molar-refractivity contribution in [1.29, 1.82) is 0 Å². The van der Waals surface area contributed by atoms with Crippen molar-refractivity contribution in [3.8, 4) is 0 Å². The molecule has 74 valence electrons. The Balaban J connectivity index is 2.69. The molecule has 0 aromatic carbocycles. The van der Waals surface area contributed by atoms with Crippen molar-refractivity contribution in [3.05, 3.63) is 21.1 Å². The van der Waals surface area contributed by atoms with Gasteiger partial charge in [0.2, 0.25) is 0 Å². The first-order chi connectivity index (χ1) is 6.74. The number of halogens is 1. The largest absolute Gasteiger partial charge is 0.411 e. The molecule has 0 saturated heterocycles. The molecule has 1 aliphatic heterocycles. The van der Waals surface area contributed by atoms with Gasteiger partial charge in [0.15, 0.2) is 5.16 Å². The van der Waals surface area contributed by atoms with Crippen LogP contribution in [-0.4, -0.2) is 26.7 Å². The molecule has 0 unspecified atom stereocenters. The van der Waals surface area contributed by atoms with Crippen LogP contribution in [0.25, 0.3) is 0 Å². The van der Waals surface area contributed by atoms with E-state index in [1.54, 1.807) is 0 Å². The molecule has 1 aliphatic rings. The van der Waals surface area contributed by atoms with Crippen molar-refractivity contribution >= 4 is 29.6 Å². The molecule has 0 spiro atoms. The minimum absolute atomic E-state index is 0.0773. The van der Waals surface area contributed by atoms with E-state index in [1.165, 1.54) is 16.3 Å². The van der Waals surface area contributed by atoms with E-state index in [9.17, 15) is 4.79 Å². The first-order valence-corrected chi connectivity index (χ1v) is 5.21. The number of oxime groups is 1. The van der Waals surface area contributed by atoms with Gasteiger partial charge in [0, 0.05) is 12.3 Å². The summed E-state index contributed by atoms with van der Waals surface area (Å²) in [6, 6.07) is 0. The van der Waals surface area contributed by atoms with Gasteiger partial charge in [-0.15, -0.1) is 0 Å². The first-order valence-electron chi connectivity index (χ1n) is 3.84. The van der Waals surface area contributed by atoms with Crippen LogP contribution in [0.2, 0.25) is 5.15 Å². The van der Waals surface area contributed by atoms with E-state index in [0.717, 1.165) is 12.0 Å². The normalized spacial score (nSPS) is 14.9. The van der Waals surface area contributed by atoms with E-state index in [2.05, 4.69) is 10.1 Å². The summed E-state index contributed by atoms with van der Waals surface area (Å²) in [7, 11) is 0. The summed E-state index contributed by atoms with van der Waals surface area (Å²) in [5.74, 6) is 0.818. The topological polar surface area (TPSA) is 67.5 Å². The molecular formula is C7H6ClN3O2S. The van der Waals surface area contributed by atoms with Crippen LogP contribution in [0.1, 0.15) is 5.56 Å². The highest BCUT2D eigenvalue weighted by Gasteiger charge is 2.18. The zero-order chi connectivity index (χ0) is 10.1. The van der Waals surface area contributed by atoms with Crippen LogP contribution in [0.15, 0.2) is 15.1 Å². The number of nitrogens with zero attached hydrogens (tertiary/aromatic N) is 3. The second-order valence-corrected chi connectivity index (χ2v) is 4.07. The van der Waals surface area contributed by atoms with E-state index >= 15 is 0 Å². The molecule has 1 aromatic heterocycles. The highest BCUT2D eigenvalue weighted by molar-refractivity contribution is 7.99. The molecular weight excluding hydrogens is 226 g/mol. The Hall–Kier alpha value is -1.01. The molecule has 1 aromatic rings. The van der Waals surface area contributed by atoms with E-state index in [1.807, 2.05) is 0 Å². The first kappa shape index (κ1) is 9.54. The summed E-state index contributed by atoms with van der Waals surface area (Å²) in [6.07, 6.45) is 1.01. The molecule has 7 heteroatoms. The Kier molecular flexibility index (Phi) is 2.47. The Labute approximate surface area is 88.4 Å². The van der Waals surface area contributed by atoms with Crippen molar-refractivity contribution in [2.75, 3.05) is 5.75 Å². The van der Waals surface area contributed by atoms with Gasteiger partial charge in [0.05, 0.1) is 11.8 Å². The summed E-state index contributed by atoms with van der Waals surface area (Å²) in [5, 5.41) is 11.8. The lowest BCUT2D eigenvalue weighted by atomic mass is 10.3. The van der Waals surface area contributed by atoms with E-state index in [0.29, 0.717) is 11.7 Å². The Morgan fingerprint density at radius 3 is 3.21 bits per heavy atom. The summed E-state index contributed by atoms with van der Waals surface area (Å²) in [6.45, 7) is 0.620. The van der Waals surface area contributed by atoms with Crippen molar-refractivity contribution < 1.29 is 5.21 Å². The fraction of sp³-hybridized carbons (Fsp3) is 0.286. The monoisotopic (exact) mass is 231 g/mol. The Morgan fingerprint density at radius 2 is 2.50 bits per heavy atom. The minimum Gasteiger partial charge on any atom is -0.411 e. The van der Waals surface area contributed by atoms with Crippen molar-refractivity contribution in [3.63, 3.8) is 0 Å². The van der Waals surface area contributed by atoms with Gasteiger partial charge in [-0.05, 0) is 0 Å². The van der Waals surface area contributed by atoms with Crippen LogP contribution < -0.4 is 5.56 Å². The van der Waals surface area contributed by atoms with Gasteiger partial charge in [-0.25, -0.2) is 4.98 Å². The van der Waals surface area contributed by atoms with Crippen LogP contribution >= 0.6 is 23.4 Å². The van der Waals surface area contributed by atoms with E-state index in [-0.39, 0.29) is 16.3 Å². The van der Waals surface area contributed by atoms with Gasteiger partial charge in [0.1, 0.15) is 5.15 Å². The molecule has 0 aliphatic carbocycles. The van der Waals surface area contributed by atoms with Gasteiger partial charge >= 0.3 is 0 Å². The molecule has 5 nitrogen and oxygen atoms in total. The molecule has 2 rings (SSSR count). The molecule has 0 saturated carbocycles. The lowest BCUT2D eigenvalue weighted by Crippen LogP contribution is -2.24. The predicted octanol–water partition coefficient (Wildman–Crippen LogP) is 0.810. The van der Waals surface area contributed by atoms with Crippen LogP contribution in [0.4, 0.5) is 0 Å². The number of aromatic nitrogens is 2. The second-order valence-electron chi connectivity index (χ2n) is 2.65. The average molecular weight is 232 g/mol. The number of hydrogen-bond acceptors (Lipinski definition) is 5. The van der Waals surface area contributed by atoms with Crippen molar-refractivity contribution in [2.24, 2.45) is 5.16 Å². The van der Waals surface area contributed by atoms with Crippen LogP contribution in [0, 0.1) is 0 Å². The van der Waals surface area contributed by atoms with Crippen LogP contribution in [-0.2, 0) is 6.54 Å². The zero-order valence-corrected chi connectivity index (χ0v) is 8.55. The van der Waals surface area contributed by atoms with E-state index in [4.69, 9.17) is 16.8 Å². The van der Waals surface area contributed by atoms with Gasteiger partial charge in [-0.2, -0.15) is 0 Å². The Morgan fingerprint density at radius 1 is 1.71 bits per heavy atom. The minimum atomic E-state index is -0.261. The summed E-state index contributed by atoms with van der Waals surface area (Å²) in [5.41, 5.74) is -0.136. The highest BCUT2D eigenvalue weighted by Crippen LogP contribution is 2.23. The smallest absolute Gasteiger partial charge is 0.264 e. The number of hydrogen-bond donors (Lipinski definition) is 1. The lowest BCUT2D eigenvalue weighted by molar-refractivity contribution is 0.321. The maximum atomic E-state index is 11.7. The maximum absolute atomic E-state index is 11.7. The SMILES string of the molecule is O=c1c(/C=N/O)c(Cl)nc2n1CCS2. The standard InChI is InChI=1S/C7H6ClN3O2S/c8-5-4(3-9-13)6(12)11-1-2-14-7(11)10-5/h3,13H,1-2H2/b9-3+. The zero-order valence-electron chi connectivity index (χ0n) is 6.97. The van der Waals surface area contributed by atoms with Crippen LogP contribution in [0.5, 0.6) is 0 Å². The van der Waals surface area contributed by atoms with Gasteiger partial charge in [-0.3, -0.25) is 9.36 Å². The summed E-state index contributed by atoms with van der Waals surface area (Å²) < 4.78 is 1.52. The van der Waals surface area contributed by atoms with Gasteiger partial charge in [-0.1, -0.05) is 28.5 Å². The number of rotatable bonds is 1. The molecule has 2 heterocycles. The quantitative estimate of drug-likeness (QED) is 0.255. The third-order valence-corrected chi connectivity index (χ3v) is 3.10. The number of fused-ring (bicyclic) bond motifs is 1. The molecule has 14 heavy (non-hydrogen) atoms. The molecule has 0 fully saturated rings. The average Bonchev–Trinajstić information content (AvgIpc) is 2.60. The molecule has 1 N–H and O–H groups in total. The van der Waals surface area contributed by atoms with Crippen LogP contribution in [0.3, 0.4) is 0 Å². The fourth-order valence-electron chi connectivity index (χ4n) is 1.23. The van der Waals surface area contributed by atoms with E-state index < -0.39 is 0 Å². The summed E-state index contributed by atoms with van der Waals surface area (Å²) in [4.78, 5) is 15.7. The number of thioether (sulfide) groups is 1. The molecule has 0 atom stereocenters. The highest BCUT2D eigenvalue weighted by atomic mass is 35.5. The summed E-state index contributed by atoms with van der Waals surface area (Å²) >= 11 is 7.24. The van der Waals surface area contributed by atoms with Gasteiger partial charge in [0.25, 0.3) is 5.56 Å². The van der Waals surface area contributed by atoms with Crippen molar-refractivity contribution in [1.82, 2.24) is 9.55 Å². The van der Waals surface area contributed by atoms with Gasteiger partial charge < -0.3 is 5.21 Å². The third kappa shape index (κ3) is 1.40. The fourth-order valence-corrected chi connectivity index (χ4v) is 2.43. The maximum Gasteiger partial charge on any atom is 0.264 e. The predicted molar refractivity (Wildman–Crippen MR) is 53.6 cm³/mol. The lowest BCUT2D eigenvalue weighted by Gasteiger charge is -2.02. The molecule has 0 radical (unpaired) electrons. The third-order valence-electron chi connectivity index (χ3n) is 1.86. The Bertz CT molecular complexity index is 457. The van der Waals surface area contributed by atoms with Crippen molar-refractivity contribution in [2.45, 2.75) is 11.7 Å².